The largest absolute Gasteiger partial charge is 0.140 e. The Morgan fingerprint density at radius 3 is 2.93 bits per heavy atom. The molecule has 0 unspecified atom stereocenters. The van der Waals surface area contributed by atoms with Gasteiger partial charge < -0.3 is 0 Å². The second kappa shape index (κ2) is 4.30. The van der Waals surface area contributed by atoms with Crippen molar-refractivity contribution in [3.8, 4) is 5.92 Å². The predicted octanol–water partition coefficient (Wildman–Crippen LogP) is 3.81. The maximum Gasteiger partial charge on any atom is 0.0345 e. The summed E-state index contributed by atoms with van der Waals surface area (Å²) in [6.07, 6.45) is 9.71. The molecule has 2 rings (SSSR count). The van der Waals surface area contributed by atoms with Crippen LogP contribution in [0.1, 0.15) is 17.7 Å². The van der Waals surface area contributed by atoms with Crippen LogP contribution in [0.4, 0.5) is 0 Å². The Morgan fingerprint density at radius 1 is 1.29 bits per heavy atom. The molecule has 0 aliphatic carbocycles. The summed E-state index contributed by atoms with van der Waals surface area (Å²) < 4.78 is 1.36. The van der Waals surface area contributed by atoms with Crippen LogP contribution in [0.3, 0.4) is 0 Å². The van der Waals surface area contributed by atoms with Crippen molar-refractivity contribution in [2.45, 2.75) is 19.3 Å². The lowest BCUT2D eigenvalue weighted by Gasteiger charge is -1.90. The zero-order valence-electron chi connectivity index (χ0n) is 7.92. The van der Waals surface area contributed by atoms with Crippen LogP contribution in [0.5, 0.6) is 0 Å². The van der Waals surface area contributed by atoms with Gasteiger partial charge in [0.15, 0.2) is 0 Å². The molecule has 0 fully saturated rings. The Morgan fingerprint density at radius 2 is 2.14 bits per heavy atom. The van der Waals surface area contributed by atoms with Crippen molar-refractivity contribution >= 4 is 21.4 Å². The number of rotatable bonds is 3. The van der Waals surface area contributed by atoms with E-state index in [0.717, 1.165) is 19.3 Å². The first-order chi connectivity index (χ1) is 6.90. The van der Waals surface area contributed by atoms with Crippen molar-refractivity contribution in [2.24, 2.45) is 0 Å². The van der Waals surface area contributed by atoms with E-state index in [0.29, 0.717) is 0 Å². The van der Waals surface area contributed by atoms with Crippen molar-refractivity contribution in [1.82, 2.24) is 0 Å². The van der Waals surface area contributed by atoms with E-state index in [-0.39, 0.29) is 0 Å². The molecule has 1 aromatic carbocycles. The monoisotopic (exact) mass is 199 g/mol. The van der Waals surface area contributed by atoms with Crippen molar-refractivity contribution in [3.63, 3.8) is 0 Å². The van der Waals surface area contributed by atoms with E-state index in [1.165, 1.54) is 15.0 Å². The van der Waals surface area contributed by atoms with Gasteiger partial charge in [-0.1, -0.05) is 24.1 Å². The molecular formula is C13H11S. The minimum absolute atomic E-state index is 0.772. The highest BCUT2D eigenvalue weighted by Gasteiger charge is 1.99. The van der Waals surface area contributed by atoms with Crippen LogP contribution in [0.2, 0.25) is 0 Å². The normalized spacial score (nSPS) is 10.2. The summed E-state index contributed by atoms with van der Waals surface area (Å²) in [7, 11) is 0. The molecule has 0 saturated carbocycles. The Bertz CT molecular complexity index is 426. The van der Waals surface area contributed by atoms with Crippen LogP contribution in [-0.4, -0.2) is 0 Å². The summed E-state index contributed by atoms with van der Waals surface area (Å²) in [5.41, 5.74) is 0. The Kier molecular flexibility index (Phi) is 2.86. The third-order valence-corrected chi connectivity index (χ3v) is 3.38. The van der Waals surface area contributed by atoms with Gasteiger partial charge in [-0.3, -0.25) is 0 Å². The van der Waals surface area contributed by atoms with E-state index >= 15 is 0 Å². The lowest BCUT2D eigenvalue weighted by Crippen LogP contribution is -1.77. The smallest absolute Gasteiger partial charge is 0.0345 e. The fourth-order valence-corrected chi connectivity index (χ4v) is 2.62. The summed E-state index contributed by atoms with van der Waals surface area (Å²) in [5.74, 6) is 2.43. The molecule has 0 atom stereocenters. The van der Waals surface area contributed by atoms with Crippen LogP contribution >= 0.6 is 11.3 Å². The van der Waals surface area contributed by atoms with Gasteiger partial charge in [0.2, 0.25) is 0 Å². The molecular weight excluding hydrogens is 188 g/mol. The Hall–Kier alpha value is -1.26. The average molecular weight is 199 g/mol. The summed E-state index contributed by atoms with van der Waals surface area (Å²) in [4.78, 5) is 1.42. The molecule has 0 aliphatic heterocycles. The summed E-state index contributed by atoms with van der Waals surface area (Å²) >= 11 is 1.86. The van der Waals surface area contributed by atoms with Crippen molar-refractivity contribution in [2.75, 3.05) is 0 Å². The van der Waals surface area contributed by atoms with Crippen LogP contribution in [0.25, 0.3) is 10.1 Å². The molecule has 0 amide bonds. The first-order valence-electron chi connectivity index (χ1n) is 4.77. The molecule has 0 saturated heterocycles. The number of thiophene rings is 1. The first-order valence-corrected chi connectivity index (χ1v) is 5.59. The van der Waals surface area contributed by atoms with E-state index in [2.05, 4.69) is 36.3 Å². The molecule has 69 valence electrons. The maximum atomic E-state index is 6.83. The predicted molar refractivity (Wildman–Crippen MR) is 61.9 cm³/mol. The topological polar surface area (TPSA) is 0 Å². The van der Waals surface area contributed by atoms with Gasteiger partial charge in [0.05, 0.1) is 0 Å². The fraction of sp³-hybridized carbons (Fsp3) is 0.231. The zero-order chi connectivity index (χ0) is 9.80. The van der Waals surface area contributed by atoms with Crippen LogP contribution < -0.4 is 0 Å². The number of benzene rings is 1. The minimum Gasteiger partial charge on any atom is -0.140 e. The second-order valence-corrected chi connectivity index (χ2v) is 4.45. The van der Waals surface area contributed by atoms with Crippen LogP contribution in [0, 0.1) is 12.3 Å². The van der Waals surface area contributed by atoms with E-state index in [9.17, 15) is 0 Å². The second-order valence-electron chi connectivity index (χ2n) is 3.28. The van der Waals surface area contributed by atoms with Crippen molar-refractivity contribution < 1.29 is 0 Å². The van der Waals surface area contributed by atoms with Gasteiger partial charge >= 0.3 is 0 Å². The quantitative estimate of drug-likeness (QED) is 0.521. The van der Waals surface area contributed by atoms with Gasteiger partial charge in [-0.05, 0) is 36.8 Å². The maximum absolute atomic E-state index is 6.83. The molecule has 0 aliphatic rings. The van der Waals surface area contributed by atoms with Gasteiger partial charge in [0.25, 0.3) is 0 Å². The van der Waals surface area contributed by atoms with E-state index in [1.54, 1.807) is 0 Å². The van der Waals surface area contributed by atoms with Gasteiger partial charge in [-0.2, -0.15) is 0 Å². The van der Waals surface area contributed by atoms with Gasteiger partial charge in [0, 0.05) is 16.0 Å². The van der Waals surface area contributed by atoms with Crippen molar-refractivity contribution in [1.29, 1.82) is 0 Å². The summed E-state index contributed by atoms with van der Waals surface area (Å²) in [6, 6.07) is 10.7. The third-order valence-electron chi connectivity index (χ3n) is 2.20. The number of fused-ring (bicyclic) bond motifs is 1. The number of hydrogen-bond donors (Lipinski definition) is 0. The molecule has 1 heterocycles. The zero-order valence-corrected chi connectivity index (χ0v) is 8.73. The van der Waals surface area contributed by atoms with Crippen molar-refractivity contribution in [3.05, 3.63) is 41.6 Å². The van der Waals surface area contributed by atoms with Gasteiger partial charge in [-0.25, -0.2) is 0 Å². The SMILES string of the molecule is [C]#CCCCc1cc2ccccc2s1. The molecule has 14 heavy (non-hydrogen) atoms. The minimum atomic E-state index is 0.772. The highest BCUT2D eigenvalue weighted by Crippen LogP contribution is 2.26. The number of aryl methyl sites for hydroxylation is 1. The molecule has 0 spiro atoms. The molecule has 2 aromatic rings. The lowest BCUT2D eigenvalue weighted by atomic mass is 10.2. The number of unbranched alkanes of at least 4 members (excludes halogenated alkanes) is 1. The average Bonchev–Trinajstić information content (AvgIpc) is 2.60. The molecule has 1 aromatic heterocycles. The molecule has 0 bridgehead atoms. The van der Waals surface area contributed by atoms with E-state index in [1.807, 2.05) is 11.3 Å². The summed E-state index contributed by atoms with van der Waals surface area (Å²) in [6.45, 7) is 0. The first kappa shape index (κ1) is 9.30. The molecule has 0 nitrogen and oxygen atoms in total. The summed E-state index contributed by atoms with van der Waals surface area (Å²) in [5, 5.41) is 1.34. The Labute approximate surface area is 88.6 Å². The van der Waals surface area contributed by atoms with E-state index < -0.39 is 0 Å². The lowest BCUT2D eigenvalue weighted by molar-refractivity contribution is 0.871. The van der Waals surface area contributed by atoms with E-state index in [4.69, 9.17) is 6.42 Å². The standard InChI is InChI=1S/C13H11S/c1-2-3-4-8-12-10-11-7-5-6-9-13(11)14-12/h5-7,9-10H,3-4,8H2. The van der Waals surface area contributed by atoms with Gasteiger partial charge in [0.1, 0.15) is 0 Å². The van der Waals surface area contributed by atoms with Crippen LogP contribution in [-0.2, 0) is 6.42 Å². The highest BCUT2D eigenvalue weighted by molar-refractivity contribution is 7.19. The molecule has 1 heteroatoms. The van der Waals surface area contributed by atoms with Crippen LogP contribution in [0.15, 0.2) is 30.3 Å². The molecule has 1 radical (unpaired) electrons. The third kappa shape index (κ3) is 1.97. The highest BCUT2D eigenvalue weighted by atomic mass is 32.1. The van der Waals surface area contributed by atoms with Gasteiger partial charge in [-0.15, -0.1) is 11.3 Å². The number of hydrogen-bond acceptors (Lipinski definition) is 1. The fourth-order valence-electron chi connectivity index (χ4n) is 1.51. The Balaban J connectivity index is 2.15. The molecule has 0 N–H and O–H groups in total.